The minimum absolute atomic E-state index is 0.811. The maximum atomic E-state index is 6.28. The molecule has 0 unspecified atom stereocenters. The van der Waals surface area contributed by atoms with E-state index in [0.717, 1.165) is 24.5 Å². The van der Waals surface area contributed by atoms with Crippen LogP contribution in [0.15, 0.2) is 58.3 Å². The summed E-state index contributed by atoms with van der Waals surface area (Å²) in [5.41, 5.74) is 3.95. The first kappa shape index (κ1) is 17.2. The van der Waals surface area contributed by atoms with Crippen molar-refractivity contribution in [2.45, 2.75) is 22.6 Å². The Labute approximate surface area is 159 Å². The molecule has 2 nitrogen and oxygen atoms in total. The van der Waals surface area contributed by atoms with E-state index in [9.17, 15) is 0 Å². The van der Waals surface area contributed by atoms with E-state index in [0.29, 0.717) is 0 Å². The Bertz CT molecular complexity index is 781. The first-order valence-electron chi connectivity index (χ1n) is 9.02. The second-order valence-corrected chi connectivity index (χ2v) is 8.11. The van der Waals surface area contributed by atoms with Crippen molar-refractivity contribution < 1.29 is 0 Å². The molecular weight excluding hydrogens is 348 g/mol. The van der Waals surface area contributed by atoms with Gasteiger partial charge in [0.1, 0.15) is 0 Å². The van der Waals surface area contributed by atoms with Crippen molar-refractivity contribution in [1.82, 2.24) is 10.2 Å². The van der Waals surface area contributed by atoms with Crippen LogP contribution in [0.25, 0.3) is 5.57 Å². The van der Waals surface area contributed by atoms with Crippen LogP contribution in [-0.2, 0) is 0 Å². The van der Waals surface area contributed by atoms with E-state index in [-0.39, 0.29) is 0 Å². The second-order valence-electron chi connectivity index (χ2n) is 6.59. The number of halogens is 1. The molecule has 1 N–H and O–H groups in total. The fraction of sp³-hybridized carbons (Fsp3) is 0.333. The van der Waals surface area contributed by atoms with Gasteiger partial charge in [0.15, 0.2) is 0 Å². The third kappa shape index (κ3) is 3.95. The second kappa shape index (κ2) is 7.96. The highest BCUT2D eigenvalue weighted by atomic mass is 35.5. The van der Waals surface area contributed by atoms with Gasteiger partial charge in [-0.25, -0.2) is 0 Å². The Balaban J connectivity index is 1.54. The van der Waals surface area contributed by atoms with Crippen LogP contribution in [0.4, 0.5) is 0 Å². The van der Waals surface area contributed by atoms with Gasteiger partial charge in [-0.05, 0) is 60.4 Å². The van der Waals surface area contributed by atoms with Crippen molar-refractivity contribution in [3.8, 4) is 0 Å². The first-order valence-corrected chi connectivity index (χ1v) is 10.2. The topological polar surface area (TPSA) is 15.3 Å². The molecule has 1 fully saturated rings. The molecule has 2 heterocycles. The van der Waals surface area contributed by atoms with E-state index in [4.69, 9.17) is 11.6 Å². The van der Waals surface area contributed by atoms with Crippen LogP contribution in [0, 0.1) is 0 Å². The highest BCUT2D eigenvalue weighted by molar-refractivity contribution is 7.99. The van der Waals surface area contributed by atoms with E-state index in [1.807, 2.05) is 17.8 Å². The summed E-state index contributed by atoms with van der Waals surface area (Å²) in [7, 11) is 0. The van der Waals surface area contributed by atoms with Crippen LogP contribution >= 0.6 is 23.4 Å². The van der Waals surface area contributed by atoms with E-state index in [1.54, 1.807) is 0 Å². The van der Waals surface area contributed by atoms with E-state index in [2.05, 4.69) is 52.7 Å². The van der Waals surface area contributed by atoms with Gasteiger partial charge in [-0.3, -0.25) is 0 Å². The summed E-state index contributed by atoms with van der Waals surface area (Å²) in [5, 5.41) is 4.23. The lowest BCUT2D eigenvalue weighted by Gasteiger charge is -2.27. The van der Waals surface area contributed by atoms with Crippen molar-refractivity contribution in [2.75, 3.05) is 32.7 Å². The highest BCUT2D eigenvalue weighted by Crippen LogP contribution is 2.46. The fourth-order valence-electron chi connectivity index (χ4n) is 3.56. The van der Waals surface area contributed by atoms with Crippen LogP contribution in [0.1, 0.15) is 24.0 Å². The normalized spacial score (nSPS) is 18.8. The molecule has 4 rings (SSSR count). The average molecular weight is 371 g/mol. The molecule has 2 aliphatic rings. The van der Waals surface area contributed by atoms with Gasteiger partial charge in [-0.1, -0.05) is 47.6 Å². The number of nitrogens with zero attached hydrogens (tertiary/aromatic N) is 1. The highest BCUT2D eigenvalue weighted by Gasteiger charge is 2.20. The summed E-state index contributed by atoms with van der Waals surface area (Å²) < 4.78 is 0. The van der Waals surface area contributed by atoms with Gasteiger partial charge >= 0.3 is 0 Å². The molecule has 4 heteroatoms. The lowest BCUT2D eigenvalue weighted by Crippen LogP contribution is -2.43. The predicted molar refractivity (Wildman–Crippen MR) is 108 cm³/mol. The van der Waals surface area contributed by atoms with Crippen molar-refractivity contribution >= 4 is 28.9 Å². The number of rotatable bonds is 4. The minimum Gasteiger partial charge on any atom is -0.314 e. The smallest absolute Gasteiger partial charge is 0.0412 e. The molecule has 1 saturated heterocycles. The molecule has 0 aliphatic carbocycles. The number of unbranched alkanes of at least 4 members (excludes halogenated alkanes) is 1. The Morgan fingerprint density at radius 1 is 1.04 bits per heavy atom. The summed E-state index contributed by atoms with van der Waals surface area (Å²) in [6, 6.07) is 14.9. The Kier molecular flexibility index (Phi) is 5.47. The molecule has 0 aromatic heterocycles. The third-order valence-corrected chi connectivity index (χ3v) is 6.25. The molecule has 2 aliphatic heterocycles. The molecule has 0 spiro atoms. The SMILES string of the molecule is Clc1ccc2c(c1)/C(=C\CCCN1CCNCC1)c1ccccc1S2. The number of benzene rings is 2. The largest absolute Gasteiger partial charge is 0.314 e. The standard InChI is InChI=1S/C21H23ClN2S/c22-16-8-9-21-19(15-16)17(18-6-1-2-7-20(18)25-21)5-3-4-12-24-13-10-23-11-14-24/h1-2,5-9,15,23H,3-4,10-14H2/b17-5-. The molecule has 25 heavy (non-hydrogen) atoms. The maximum absolute atomic E-state index is 6.28. The van der Waals surface area contributed by atoms with Crippen molar-refractivity contribution in [3.63, 3.8) is 0 Å². The van der Waals surface area contributed by atoms with E-state index < -0.39 is 0 Å². The van der Waals surface area contributed by atoms with Crippen LogP contribution < -0.4 is 5.32 Å². The number of hydrogen-bond acceptors (Lipinski definition) is 3. The van der Waals surface area contributed by atoms with Crippen LogP contribution in [0.3, 0.4) is 0 Å². The van der Waals surface area contributed by atoms with Crippen LogP contribution in [-0.4, -0.2) is 37.6 Å². The van der Waals surface area contributed by atoms with Gasteiger partial charge in [0.05, 0.1) is 0 Å². The molecule has 2 aromatic carbocycles. The van der Waals surface area contributed by atoms with Gasteiger partial charge < -0.3 is 10.2 Å². The lowest BCUT2D eigenvalue weighted by atomic mass is 9.95. The minimum atomic E-state index is 0.811. The molecule has 0 amide bonds. The number of allylic oxidation sites excluding steroid dienone is 1. The maximum Gasteiger partial charge on any atom is 0.0412 e. The quantitative estimate of drug-likeness (QED) is 0.656. The van der Waals surface area contributed by atoms with E-state index >= 15 is 0 Å². The van der Waals surface area contributed by atoms with Gasteiger partial charge in [0.25, 0.3) is 0 Å². The summed E-state index contributed by atoms with van der Waals surface area (Å²) in [5.74, 6) is 0. The fourth-order valence-corrected chi connectivity index (χ4v) is 4.82. The van der Waals surface area contributed by atoms with Crippen molar-refractivity contribution in [3.05, 3.63) is 64.7 Å². The van der Waals surface area contributed by atoms with Crippen molar-refractivity contribution in [1.29, 1.82) is 0 Å². The number of fused-ring (bicyclic) bond motifs is 2. The predicted octanol–water partition coefficient (Wildman–Crippen LogP) is 4.92. The molecule has 2 aromatic rings. The Hall–Kier alpha value is -1.26. The summed E-state index contributed by atoms with van der Waals surface area (Å²) in [6.45, 7) is 5.78. The first-order chi connectivity index (χ1) is 12.3. The van der Waals surface area contributed by atoms with Crippen LogP contribution in [0.5, 0.6) is 0 Å². The summed E-state index contributed by atoms with van der Waals surface area (Å²) >= 11 is 8.13. The van der Waals surface area contributed by atoms with Crippen LogP contribution in [0.2, 0.25) is 5.02 Å². The van der Waals surface area contributed by atoms with E-state index in [1.165, 1.54) is 52.5 Å². The van der Waals surface area contributed by atoms with Gasteiger partial charge in [-0.15, -0.1) is 0 Å². The van der Waals surface area contributed by atoms with Gasteiger partial charge in [0.2, 0.25) is 0 Å². The number of piperazine rings is 1. The zero-order chi connectivity index (χ0) is 17.1. The molecule has 0 bridgehead atoms. The lowest BCUT2D eigenvalue weighted by molar-refractivity contribution is 0.239. The summed E-state index contributed by atoms with van der Waals surface area (Å²) in [6.07, 6.45) is 4.72. The number of hydrogen-bond donors (Lipinski definition) is 1. The van der Waals surface area contributed by atoms with Gasteiger partial charge in [0, 0.05) is 41.0 Å². The average Bonchev–Trinajstić information content (AvgIpc) is 2.65. The molecule has 0 radical (unpaired) electrons. The zero-order valence-corrected chi connectivity index (χ0v) is 15.9. The molecule has 0 atom stereocenters. The monoisotopic (exact) mass is 370 g/mol. The third-order valence-electron chi connectivity index (χ3n) is 4.87. The Morgan fingerprint density at radius 3 is 2.72 bits per heavy atom. The zero-order valence-electron chi connectivity index (χ0n) is 14.3. The Morgan fingerprint density at radius 2 is 1.84 bits per heavy atom. The molecular formula is C21H23ClN2S. The van der Waals surface area contributed by atoms with Gasteiger partial charge in [-0.2, -0.15) is 0 Å². The molecule has 130 valence electrons. The summed E-state index contributed by atoms with van der Waals surface area (Å²) in [4.78, 5) is 5.20. The number of nitrogens with one attached hydrogen (secondary N) is 1. The van der Waals surface area contributed by atoms with Crippen molar-refractivity contribution in [2.24, 2.45) is 0 Å². The molecule has 0 saturated carbocycles.